The average molecular weight is 565 g/mol. The third-order valence-electron chi connectivity index (χ3n) is 5.08. The van der Waals surface area contributed by atoms with Gasteiger partial charge in [-0.25, -0.2) is 4.79 Å². The number of nitrogens with one attached hydrogen (secondary N) is 4. The van der Waals surface area contributed by atoms with E-state index < -0.39 is 53.0 Å². The smallest absolute Gasteiger partial charge is 0.408 e. The SMILES string of the molecule is CC(C)CC(NC(=O)OC(C)(C)C)C(=O)NCC(=O)NC(=O)C(CCCN=C(N)N)Nc1ccc([N+](=O)[O-])cc1. The van der Waals surface area contributed by atoms with Crippen LogP contribution in [-0.2, 0) is 19.1 Å². The third kappa shape index (κ3) is 13.9. The zero-order chi connectivity index (χ0) is 30.5. The van der Waals surface area contributed by atoms with Gasteiger partial charge in [0.05, 0.1) is 11.5 Å². The van der Waals surface area contributed by atoms with E-state index in [9.17, 15) is 29.3 Å². The maximum absolute atomic E-state index is 12.9. The highest BCUT2D eigenvalue weighted by molar-refractivity contribution is 6.00. The first-order valence-corrected chi connectivity index (χ1v) is 12.7. The number of carbonyl (C=O) groups excluding carboxylic acids is 4. The van der Waals surface area contributed by atoms with E-state index in [1.807, 2.05) is 13.8 Å². The van der Waals surface area contributed by atoms with Crippen molar-refractivity contribution < 1.29 is 28.8 Å². The standard InChI is InChI=1S/C25H40N8O7/c1-15(2)13-19(31-24(37)40-25(3,4)5)21(35)29-14-20(34)32-22(36)18(7-6-12-28-23(26)27)30-16-8-10-17(11-9-16)33(38)39/h8-11,15,18-19,30H,6-7,12-14H2,1-5H3,(H,29,35)(H,31,37)(H4,26,27,28)(H,32,34,36). The summed E-state index contributed by atoms with van der Waals surface area (Å²) in [5.74, 6) is -2.13. The largest absolute Gasteiger partial charge is 0.444 e. The van der Waals surface area contributed by atoms with Gasteiger partial charge in [0.25, 0.3) is 5.69 Å². The predicted molar refractivity (Wildman–Crippen MR) is 149 cm³/mol. The molecule has 40 heavy (non-hydrogen) atoms. The molecule has 0 aliphatic rings. The van der Waals surface area contributed by atoms with Gasteiger partial charge in [-0.15, -0.1) is 0 Å². The molecule has 15 nitrogen and oxygen atoms in total. The van der Waals surface area contributed by atoms with E-state index in [0.29, 0.717) is 18.5 Å². The summed E-state index contributed by atoms with van der Waals surface area (Å²) in [7, 11) is 0. The van der Waals surface area contributed by atoms with Crippen LogP contribution in [0.3, 0.4) is 0 Å². The number of guanidine groups is 1. The van der Waals surface area contributed by atoms with E-state index in [1.165, 1.54) is 24.3 Å². The number of carbonyl (C=O) groups is 4. The van der Waals surface area contributed by atoms with Crippen LogP contribution in [-0.4, -0.2) is 65.5 Å². The maximum Gasteiger partial charge on any atom is 0.408 e. The monoisotopic (exact) mass is 564 g/mol. The predicted octanol–water partition coefficient (Wildman–Crippen LogP) is 1.13. The molecule has 0 aromatic heterocycles. The summed E-state index contributed by atoms with van der Waals surface area (Å²) in [4.78, 5) is 64.5. The fourth-order valence-corrected chi connectivity index (χ4v) is 3.36. The number of hydrogen-bond donors (Lipinski definition) is 6. The number of nitrogens with two attached hydrogens (primary N) is 2. The molecule has 1 rings (SSSR count). The van der Waals surface area contributed by atoms with Gasteiger partial charge in [-0.3, -0.25) is 34.8 Å². The van der Waals surface area contributed by atoms with E-state index in [4.69, 9.17) is 16.2 Å². The van der Waals surface area contributed by atoms with Gasteiger partial charge >= 0.3 is 6.09 Å². The van der Waals surface area contributed by atoms with Crippen molar-refractivity contribution in [3.63, 3.8) is 0 Å². The van der Waals surface area contributed by atoms with Gasteiger partial charge in [0, 0.05) is 24.4 Å². The minimum Gasteiger partial charge on any atom is -0.444 e. The second-order valence-corrected chi connectivity index (χ2v) is 10.4. The summed E-state index contributed by atoms with van der Waals surface area (Å²) in [6.45, 7) is 8.52. The van der Waals surface area contributed by atoms with Gasteiger partial charge in [0.2, 0.25) is 17.7 Å². The molecule has 8 N–H and O–H groups in total. The molecule has 0 aliphatic carbocycles. The topological polar surface area (TPSA) is 233 Å². The molecule has 1 aromatic rings. The molecule has 0 bridgehead atoms. The van der Waals surface area contributed by atoms with Gasteiger partial charge in [-0.2, -0.15) is 0 Å². The summed E-state index contributed by atoms with van der Waals surface area (Å²) in [5, 5.41) is 21.0. The lowest BCUT2D eigenvalue weighted by Gasteiger charge is -2.24. The van der Waals surface area contributed by atoms with Gasteiger partial charge < -0.3 is 32.2 Å². The van der Waals surface area contributed by atoms with E-state index >= 15 is 0 Å². The number of hydrogen-bond acceptors (Lipinski definition) is 9. The molecule has 0 fully saturated rings. The highest BCUT2D eigenvalue weighted by atomic mass is 16.6. The minimum atomic E-state index is -0.953. The number of anilines is 1. The van der Waals surface area contributed by atoms with Crippen LogP contribution in [0, 0.1) is 16.0 Å². The number of non-ortho nitro benzene ring substituents is 1. The number of nitro groups is 1. The Morgan fingerprint density at radius 2 is 1.68 bits per heavy atom. The summed E-state index contributed by atoms with van der Waals surface area (Å²) in [6, 6.07) is 3.54. The number of nitro benzene ring substituents is 1. The molecule has 222 valence electrons. The van der Waals surface area contributed by atoms with Gasteiger partial charge in [0.15, 0.2) is 5.96 Å². The summed E-state index contributed by atoms with van der Waals surface area (Å²) >= 11 is 0. The van der Waals surface area contributed by atoms with Crippen molar-refractivity contribution in [3.05, 3.63) is 34.4 Å². The lowest BCUT2D eigenvalue weighted by Crippen LogP contribution is -2.51. The Balaban J connectivity index is 2.81. The zero-order valence-corrected chi connectivity index (χ0v) is 23.5. The molecule has 2 unspecified atom stereocenters. The van der Waals surface area contributed by atoms with Crippen molar-refractivity contribution in [1.29, 1.82) is 0 Å². The molecule has 0 heterocycles. The number of nitrogens with zero attached hydrogens (tertiary/aromatic N) is 2. The number of aliphatic imine (C=N–C) groups is 1. The molecule has 1 aromatic carbocycles. The average Bonchev–Trinajstić information content (AvgIpc) is 2.82. The number of amides is 4. The number of benzene rings is 1. The van der Waals surface area contributed by atoms with E-state index in [-0.39, 0.29) is 30.5 Å². The molecular weight excluding hydrogens is 524 g/mol. The van der Waals surface area contributed by atoms with Crippen molar-refractivity contribution in [2.75, 3.05) is 18.4 Å². The van der Waals surface area contributed by atoms with Gasteiger partial charge in [-0.1, -0.05) is 13.8 Å². The number of rotatable bonds is 14. The Morgan fingerprint density at radius 3 is 2.20 bits per heavy atom. The Labute approximate surface area is 233 Å². The minimum absolute atomic E-state index is 0.0475. The number of ether oxygens (including phenoxy) is 1. The zero-order valence-electron chi connectivity index (χ0n) is 23.5. The Hall–Kier alpha value is -4.43. The van der Waals surface area contributed by atoms with Crippen molar-refractivity contribution in [2.45, 2.75) is 71.6 Å². The van der Waals surface area contributed by atoms with Crippen LogP contribution in [0.25, 0.3) is 0 Å². The van der Waals surface area contributed by atoms with Gasteiger partial charge in [-0.05, 0) is 58.1 Å². The van der Waals surface area contributed by atoms with Crippen LogP contribution < -0.4 is 32.7 Å². The molecule has 4 amide bonds. The van der Waals surface area contributed by atoms with Gasteiger partial charge in [0.1, 0.15) is 17.7 Å². The first-order chi connectivity index (χ1) is 18.6. The Kier molecular flexibility index (Phi) is 13.3. The van der Waals surface area contributed by atoms with Crippen LogP contribution in [0.5, 0.6) is 0 Å². The normalized spacial score (nSPS) is 12.4. The third-order valence-corrected chi connectivity index (χ3v) is 5.08. The van der Waals surface area contributed by atoms with E-state index in [1.54, 1.807) is 20.8 Å². The Bertz CT molecular complexity index is 1060. The molecule has 2 atom stereocenters. The lowest BCUT2D eigenvalue weighted by atomic mass is 10.0. The number of imide groups is 1. The summed E-state index contributed by atoms with van der Waals surface area (Å²) < 4.78 is 5.21. The molecule has 0 spiro atoms. The molecule has 15 heteroatoms. The summed E-state index contributed by atoms with van der Waals surface area (Å²) in [5.41, 5.74) is 10.2. The van der Waals surface area contributed by atoms with Crippen molar-refractivity contribution >= 4 is 41.1 Å². The van der Waals surface area contributed by atoms with Crippen LogP contribution in [0.4, 0.5) is 16.2 Å². The molecule has 0 aliphatic heterocycles. The maximum atomic E-state index is 12.9. The van der Waals surface area contributed by atoms with E-state index in [0.717, 1.165) is 0 Å². The molecule has 0 saturated heterocycles. The van der Waals surface area contributed by atoms with Crippen LogP contribution in [0.2, 0.25) is 0 Å². The highest BCUT2D eigenvalue weighted by Crippen LogP contribution is 2.17. The highest BCUT2D eigenvalue weighted by Gasteiger charge is 2.26. The first-order valence-electron chi connectivity index (χ1n) is 12.7. The van der Waals surface area contributed by atoms with Crippen molar-refractivity contribution in [3.8, 4) is 0 Å². The van der Waals surface area contributed by atoms with Crippen molar-refractivity contribution in [1.82, 2.24) is 16.0 Å². The second kappa shape index (κ2) is 15.9. The number of alkyl carbamates (subject to hydrolysis) is 1. The van der Waals surface area contributed by atoms with E-state index in [2.05, 4.69) is 26.3 Å². The second-order valence-electron chi connectivity index (χ2n) is 10.4. The quantitative estimate of drug-likeness (QED) is 0.0619. The Morgan fingerprint density at radius 1 is 1.05 bits per heavy atom. The fourth-order valence-electron chi connectivity index (χ4n) is 3.36. The first kappa shape index (κ1) is 33.6. The van der Waals surface area contributed by atoms with Crippen LogP contribution >= 0.6 is 0 Å². The summed E-state index contributed by atoms with van der Waals surface area (Å²) in [6.07, 6.45) is 0.125. The lowest BCUT2D eigenvalue weighted by molar-refractivity contribution is -0.384. The molecule has 0 radical (unpaired) electrons. The fraction of sp³-hybridized carbons (Fsp3) is 0.560. The molecular formula is C25H40N8O7. The van der Waals surface area contributed by atoms with Crippen LogP contribution in [0.1, 0.15) is 53.9 Å². The molecule has 0 saturated carbocycles. The van der Waals surface area contributed by atoms with Crippen molar-refractivity contribution in [2.24, 2.45) is 22.4 Å². The van der Waals surface area contributed by atoms with Crippen LogP contribution in [0.15, 0.2) is 29.3 Å².